The zero-order valence-electron chi connectivity index (χ0n) is 14.3. The summed E-state index contributed by atoms with van der Waals surface area (Å²) in [5.41, 5.74) is 0. The third kappa shape index (κ3) is 3.34. The molecule has 0 aliphatic carbocycles. The van der Waals surface area contributed by atoms with Crippen LogP contribution in [0.3, 0.4) is 0 Å². The van der Waals surface area contributed by atoms with E-state index in [9.17, 15) is 8.42 Å². The molecule has 0 N–H and O–H groups in total. The Morgan fingerprint density at radius 3 is 2.57 bits per heavy atom. The minimum Gasteiger partial charge on any atom is -0.295 e. The molecule has 4 atom stereocenters. The molecule has 2 heterocycles. The molecule has 128 valence electrons. The Morgan fingerprint density at radius 1 is 1.13 bits per heavy atom. The number of sulfone groups is 1. The van der Waals surface area contributed by atoms with Crippen LogP contribution in [-0.4, -0.2) is 36.7 Å². The van der Waals surface area contributed by atoms with Crippen molar-refractivity contribution in [3.63, 3.8) is 0 Å². The fourth-order valence-corrected chi connectivity index (χ4v) is 6.66. The summed E-state index contributed by atoms with van der Waals surface area (Å²) in [6.45, 7) is 4.48. The molecule has 3 rings (SSSR count). The number of hydrogen-bond acceptors (Lipinski definition) is 3. The van der Waals surface area contributed by atoms with Crippen LogP contribution in [0.5, 0.6) is 0 Å². The van der Waals surface area contributed by atoms with Gasteiger partial charge in [-0.05, 0) is 51.2 Å². The average molecular weight is 336 g/mol. The molecule has 2 saturated heterocycles. The maximum atomic E-state index is 13.0. The zero-order chi connectivity index (χ0) is 16.4. The molecule has 0 saturated carbocycles. The van der Waals surface area contributed by atoms with Crippen LogP contribution in [0, 0.1) is 0 Å². The lowest BCUT2D eigenvalue weighted by Gasteiger charge is -2.51. The van der Waals surface area contributed by atoms with Crippen LogP contribution >= 0.6 is 0 Å². The van der Waals surface area contributed by atoms with Crippen LogP contribution in [0.15, 0.2) is 35.2 Å². The van der Waals surface area contributed by atoms with Gasteiger partial charge in [0.05, 0.1) is 10.1 Å². The van der Waals surface area contributed by atoms with Crippen molar-refractivity contribution < 1.29 is 8.42 Å². The predicted molar refractivity (Wildman–Crippen MR) is 94.3 cm³/mol. The number of benzene rings is 1. The van der Waals surface area contributed by atoms with Gasteiger partial charge in [0.2, 0.25) is 0 Å². The molecule has 0 amide bonds. The van der Waals surface area contributed by atoms with E-state index >= 15 is 0 Å². The van der Waals surface area contributed by atoms with E-state index < -0.39 is 9.84 Å². The van der Waals surface area contributed by atoms with E-state index in [0.29, 0.717) is 23.0 Å². The predicted octanol–water partition coefficient (Wildman–Crippen LogP) is 4.03. The van der Waals surface area contributed by atoms with E-state index in [1.54, 1.807) is 12.1 Å². The molecular weight excluding hydrogens is 306 g/mol. The second kappa shape index (κ2) is 6.94. The van der Waals surface area contributed by atoms with E-state index in [-0.39, 0.29) is 5.25 Å². The molecular formula is C19H29NO2S. The van der Waals surface area contributed by atoms with Gasteiger partial charge in [-0.25, -0.2) is 8.42 Å². The molecule has 2 fully saturated rings. The van der Waals surface area contributed by atoms with Crippen LogP contribution in [0.25, 0.3) is 0 Å². The second-order valence-corrected chi connectivity index (χ2v) is 9.50. The molecule has 0 spiro atoms. The SMILES string of the molecule is CCC[C@H]1CCC[C@H]2C[C@@H](S(=O)(=O)c3ccccc3)C[C@@H](C)N12. The van der Waals surface area contributed by atoms with Crippen molar-refractivity contribution in [3.05, 3.63) is 30.3 Å². The molecule has 3 nitrogen and oxygen atoms in total. The Kier molecular flexibility index (Phi) is 5.12. The first kappa shape index (κ1) is 17.0. The first-order valence-corrected chi connectivity index (χ1v) is 10.6. The quantitative estimate of drug-likeness (QED) is 0.833. The van der Waals surface area contributed by atoms with Crippen molar-refractivity contribution in [1.82, 2.24) is 4.90 Å². The monoisotopic (exact) mass is 335 g/mol. The van der Waals surface area contributed by atoms with Gasteiger partial charge < -0.3 is 0 Å². The molecule has 1 aromatic carbocycles. The zero-order valence-corrected chi connectivity index (χ0v) is 15.1. The first-order chi connectivity index (χ1) is 11.0. The molecule has 0 radical (unpaired) electrons. The Hall–Kier alpha value is -0.870. The summed E-state index contributed by atoms with van der Waals surface area (Å²) in [4.78, 5) is 3.15. The number of piperidine rings is 2. The Balaban J connectivity index is 1.81. The topological polar surface area (TPSA) is 37.4 Å². The second-order valence-electron chi connectivity index (χ2n) is 7.27. The molecule has 0 bridgehead atoms. The van der Waals surface area contributed by atoms with Gasteiger partial charge in [0, 0.05) is 18.1 Å². The van der Waals surface area contributed by atoms with Crippen LogP contribution in [0.2, 0.25) is 0 Å². The molecule has 0 aromatic heterocycles. The number of fused-ring (bicyclic) bond motifs is 1. The van der Waals surface area contributed by atoms with Crippen LogP contribution in [0.4, 0.5) is 0 Å². The van der Waals surface area contributed by atoms with Crippen molar-refractivity contribution in [2.45, 2.75) is 87.1 Å². The standard InChI is InChI=1S/C19H29NO2S/c1-3-8-16-9-7-10-17-14-19(13-15(2)20(16)17)23(21,22)18-11-5-4-6-12-18/h4-6,11-12,15-17,19H,3,7-10,13-14H2,1-2H3/t15-,16+,17+,19+/m1/s1. The van der Waals surface area contributed by atoms with Crippen molar-refractivity contribution in [2.75, 3.05) is 0 Å². The molecule has 4 heteroatoms. The number of hydrogen-bond donors (Lipinski definition) is 0. The van der Waals surface area contributed by atoms with E-state index in [1.165, 1.54) is 25.7 Å². The molecule has 0 unspecified atom stereocenters. The summed E-state index contributed by atoms with van der Waals surface area (Å²) < 4.78 is 26.0. The molecule has 2 aliphatic heterocycles. The van der Waals surface area contributed by atoms with Gasteiger partial charge in [0.15, 0.2) is 9.84 Å². The van der Waals surface area contributed by atoms with Crippen molar-refractivity contribution in [3.8, 4) is 0 Å². The smallest absolute Gasteiger partial charge is 0.181 e. The van der Waals surface area contributed by atoms with Crippen LogP contribution in [-0.2, 0) is 9.84 Å². The normalized spacial score (nSPS) is 32.4. The number of rotatable bonds is 4. The summed E-state index contributed by atoms with van der Waals surface area (Å²) in [7, 11) is -3.20. The third-order valence-corrected chi connectivity index (χ3v) is 7.89. The fraction of sp³-hybridized carbons (Fsp3) is 0.684. The maximum absolute atomic E-state index is 13.0. The largest absolute Gasteiger partial charge is 0.295 e. The Bertz CT molecular complexity index is 612. The average Bonchev–Trinajstić information content (AvgIpc) is 2.56. The molecule has 23 heavy (non-hydrogen) atoms. The van der Waals surface area contributed by atoms with Crippen molar-refractivity contribution in [2.24, 2.45) is 0 Å². The lowest BCUT2D eigenvalue weighted by atomic mass is 9.84. The summed E-state index contributed by atoms with van der Waals surface area (Å²) >= 11 is 0. The highest BCUT2D eigenvalue weighted by atomic mass is 32.2. The van der Waals surface area contributed by atoms with Crippen LogP contribution < -0.4 is 0 Å². The summed E-state index contributed by atoms with van der Waals surface area (Å²) in [5.74, 6) is 0. The van der Waals surface area contributed by atoms with Gasteiger partial charge in [0.1, 0.15) is 0 Å². The van der Waals surface area contributed by atoms with Gasteiger partial charge in [0.25, 0.3) is 0 Å². The Labute approximate surface area is 141 Å². The third-order valence-electron chi connectivity index (χ3n) is 5.70. The fourth-order valence-electron chi connectivity index (χ4n) is 4.73. The highest BCUT2D eigenvalue weighted by molar-refractivity contribution is 7.92. The highest BCUT2D eigenvalue weighted by Gasteiger charge is 2.43. The van der Waals surface area contributed by atoms with Crippen molar-refractivity contribution >= 4 is 9.84 Å². The van der Waals surface area contributed by atoms with Gasteiger partial charge >= 0.3 is 0 Å². The van der Waals surface area contributed by atoms with Gasteiger partial charge in [-0.1, -0.05) is 38.0 Å². The van der Waals surface area contributed by atoms with Gasteiger partial charge in [-0.15, -0.1) is 0 Å². The van der Waals surface area contributed by atoms with Crippen LogP contribution in [0.1, 0.15) is 58.8 Å². The lowest BCUT2D eigenvalue weighted by molar-refractivity contribution is 0.00897. The molecule has 1 aromatic rings. The maximum Gasteiger partial charge on any atom is 0.181 e. The minimum absolute atomic E-state index is 0.221. The summed E-state index contributed by atoms with van der Waals surface area (Å²) in [6.07, 6.45) is 7.73. The highest BCUT2D eigenvalue weighted by Crippen LogP contribution is 2.38. The molecule has 2 aliphatic rings. The van der Waals surface area contributed by atoms with E-state index in [0.717, 1.165) is 19.3 Å². The van der Waals surface area contributed by atoms with Crippen molar-refractivity contribution in [1.29, 1.82) is 0 Å². The van der Waals surface area contributed by atoms with E-state index in [2.05, 4.69) is 18.7 Å². The first-order valence-electron chi connectivity index (χ1n) is 9.10. The Morgan fingerprint density at radius 2 is 1.87 bits per heavy atom. The summed E-state index contributed by atoms with van der Waals surface area (Å²) in [5, 5.41) is -0.221. The van der Waals surface area contributed by atoms with E-state index in [1.807, 2.05) is 18.2 Å². The van der Waals surface area contributed by atoms with Gasteiger partial charge in [-0.2, -0.15) is 0 Å². The van der Waals surface area contributed by atoms with Gasteiger partial charge in [-0.3, -0.25) is 4.90 Å². The summed E-state index contributed by atoms with van der Waals surface area (Å²) in [6, 6.07) is 10.5. The lowest BCUT2D eigenvalue weighted by Crippen LogP contribution is -2.57. The minimum atomic E-state index is -3.20. The van der Waals surface area contributed by atoms with E-state index in [4.69, 9.17) is 0 Å². The number of nitrogens with zero attached hydrogens (tertiary/aromatic N) is 1.